The van der Waals surface area contributed by atoms with E-state index in [1.807, 2.05) is 0 Å². The van der Waals surface area contributed by atoms with Gasteiger partial charge in [-0.1, -0.05) is 193 Å². The van der Waals surface area contributed by atoms with Crippen LogP contribution in [0.2, 0.25) is 0 Å². The Balaban J connectivity index is 3.55. The number of carbonyl (C=O) groups is 1. The summed E-state index contributed by atoms with van der Waals surface area (Å²) in [4.78, 5) is 12.2. The van der Waals surface area contributed by atoms with Gasteiger partial charge in [0.15, 0.2) is 0 Å². The first kappa shape index (κ1) is 53.8. The standard InChI is InChI=1S/C53H86O4/c1-3-5-7-9-11-13-15-17-19-21-23-25-26-27-29-31-33-35-37-39-41-43-45-47-49-56-51-52(50-54)57-53(55)48-46-44-42-40-38-36-34-32-30-28-24-22-20-18-16-14-12-10-8-6-4-2/h5-8,11-14,17-20,23-25,27-29,33,35,52,54H,3-4,9-10,15-16,21-22,26,30-32,34,36-51H2,1-2H3/b7-5-,8-6-,13-11-,14-12-,19-17-,20-18-,25-23-,28-24-,29-27-,35-33-. The molecule has 0 heterocycles. The van der Waals surface area contributed by atoms with Gasteiger partial charge in [0.2, 0.25) is 0 Å². The highest BCUT2D eigenvalue weighted by Crippen LogP contribution is 2.12. The summed E-state index contributed by atoms with van der Waals surface area (Å²) in [6.07, 6.45) is 72.6. The number of allylic oxidation sites excluding steroid dienone is 20. The third-order valence-corrected chi connectivity index (χ3v) is 9.28. The normalized spacial score (nSPS) is 13.5. The van der Waals surface area contributed by atoms with Crippen molar-refractivity contribution in [2.24, 2.45) is 0 Å². The van der Waals surface area contributed by atoms with Gasteiger partial charge in [-0.3, -0.25) is 4.79 Å². The number of aliphatic hydroxyl groups excluding tert-OH is 1. The molecule has 0 bridgehead atoms. The van der Waals surface area contributed by atoms with Crippen molar-refractivity contribution < 1.29 is 19.4 Å². The topological polar surface area (TPSA) is 55.8 Å². The molecule has 0 spiro atoms. The maximum Gasteiger partial charge on any atom is 0.306 e. The molecule has 0 aromatic heterocycles. The molecule has 0 saturated heterocycles. The summed E-state index contributed by atoms with van der Waals surface area (Å²) in [7, 11) is 0. The second-order valence-corrected chi connectivity index (χ2v) is 14.7. The van der Waals surface area contributed by atoms with Crippen LogP contribution in [0.1, 0.15) is 181 Å². The van der Waals surface area contributed by atoms with Crippen LogP contribution < -0.4 is 0 Å². The van der Waals surface area contributed by atoms with Gasteiger partial charge in [-0.2, -0.15) is 0 Å². The van der Waals surface area contributed by atoms with Crippen molar-refractivity contribution in [1.29, 1.82) is 0 Å². The molecule has 0 aliphatic carbocycles. The molecule has 0 amide bonds. The molecule has 1 atom stereocenters. The zero-order chi connectivity index (χ0) is 41.2. The Morgan fingerprint density at radius 1 is 0.421 bits per heavy atom. The molecule has 322 valence electrons. The maximum atomic E-state index is 12.2. The van der Waals surface area contributed by atoms with E-state index in [2.05, 4.69) is 135 Å². The van der Waals surface area contributed by atoms with E-state index in [9.17, 15) is 9.90 Å². The van der Waals surface area contributed by atoms with Crippen LogP contribution in [0.15, 0.2) is 122 Å². The summed E-state index contributed by atoms with van der Waals surface area (Å²) in [5, 5.41) is 9.63. The zero-order valence-electron chi connectivity index (χ0n) is 36.8. The van der Waals surface area contributed by atoms with Crippen molar-refractivity contribution in [2.75, 3.05) is 19.8 Å². The molecule has 0 aromatic rings. The number of esters is 1. The van der Waals surface area contributed by atoms with Gasteiger partial charge in [0, 0.05) is 13.0 Å². The van der Waals surface area contributed by atoms with Crippen LogP contribution in [0.4, 0.5) is 0 Å². The van der Waals surface area contributed by atoms with Crippen molar-refractivity contribution in [1.82, 2.24) is 0 Å². The molecule has 57 heavy (non-hydrogen) atoms. The van der Waals surface area contributed by atoms with E-state index < -0.39 is 6.10 Å². The second kappa shape index (κ2) is 48.9. The van der Waals surface area contributed by atoms with Gasteiger partial charge < -0.3 is 14.6 Å². The lowest BCUT2D eigenvalue weighted by molar-refractivity contribution is -0.154. The summed E-state index contributed by atoms with van der Waals surface area (Å²) in [5.74, 6) is -0.222. The van der Waals surface area contributed by atoms with Gasteiger partial charge in [0.1, 0.15) is 6.10 Å². The number of aliphatic hydroxyl groups is 1. The SMILES string of the molecule is CC/C=C\C/C=C\C/C=C\C/C=C\C/C=C\C/C=C\CCCCCCCOCC(CO)OC(=O)CCCCCCCCCC/C=C\C/C=C\C/C=C\C/C=C\CC. The summed E-state index contributed by atoms with van der Waals surface area (Å²) in [5.41, 5.74) is 0. The van der Waals surface area contributed by atoms with Crippen LogP contribution in [0.5, 0.6) is 0 Å². The van der Waals surface area contributed by atoms with E-state index in [0.29, 0.717) is 13.0 Å². The first-order valence-corrected chi connectivity index (χ1v) is 23.1. The van der Waals surface area contributed by atoms with Gasteiger partial charge in [0.05, 0.1) is 13.2 Å². The van der Waals surface area contributed by atoms with Gasteiger partial charge >= 0.3 is 5.97 Å². The fourth-order valence-electron chi connectivity index (χ4n) is 5.91. The molecule has 4 heteroatoms. The largest absolute Gasteiger partial charge is 0.457 e. The number of hydrogen-bond acceptors (Lipinski definition) is 4. The molecule has 1 unspecified atom stereocenters. The molecule has 0 fully saturated rings. The number of hydrogen-bond donors (Lipinski definition) is 1. The van der Waals surface area contributed by atoms with Gasteiger partial charge in [-0.05, 0) is 103 Å². The van der Waals surface area contributed by atoms with Crippen LogP contribution in [0.3, 0.4) is 0 Å². The summed E-state index contributed by atoms with van der Waals surface area (Å²) < 4.78 is 11.2. The maximum absolute atomic E-state index is 12.2. The Labute approximate surface area is 352 Å². The van der Waals surface area contributed by atoms with E-state index in [1.165, 1.54) is 64.2 Å². The molecule has 0 aromatic carbocycles. The molecule has 0 saturated carbocycles. The number of unbranched alkanes of at least 4 members (excludes halogenated alkanes) is 13. The van der Waals surface area contributed by atoms with Crippen LogP contribution >= 0.6 is 0 Å². The lowest BCUT2D eigenvalue weighted by Crippen LogP contribution is -2.27. The average molecular weight is 787 g/mol. The van der Waals surface area contributed by atoms with Gasteiger partial charge in [-0.15, -0.1) is 0 Å². The lowest BCUT2D eigenvalue weighted by Gasteiger charge is -2.15. The van der Waals surface area contributed by atoms with Crippen LogP contribution in [-0.2, 0) is 14.3 Å². The summed E-state index contributed by atoms with van der Waals surface area (Å²) >= 11 is 0. The monoisotopic (exact) mass is 787 g/mol. The van der Waals surface area contributed by atoms with Gasteiger partial charge in [0.25, 0.3) is 0 Å². The number of rotatable bonds is 41. The van der Waals surface area contributed by atoms with Crippen LogP contribution in [0.25, 0.3) is 0 Å². The van der Waals surface area contributed by atoms with Crippen molar-refractivity contribution in [3.8, 4) is 0 Å². The van der Waals surface area contributed by atoms with E-state index >= 15 is 0 Å². The lowest BCUT2D eigenvalue weighted by atomic mass is 10.1. The molecular weight excluding hydrogens is 701 g/mol. The predicted molar refractivity (Wildman–Crippen MR) is 251 cm³/mol. The molecule has 0 aliphatic rings. The molecule has 0 radical (unpaired) electrons. The van der Waals surface area contributed by atoms with Crippen molar-refractivity contribution in [2.45, 2.75) is 187 Å². The number of ether oxygens (including phenoxy) is 2. The van der Waals surface area contributed by atoms with Crippen LogP contribution in [-0.4, -0.2) is 37.0 Å². The highest BCUT2D eigenvalue weighted by Gasteiger charge is 2.13. The van der Waals surface area contributed by atoms with Crippen molar-refractivity contribution >= 4 is 5.97 Å². The first-order chi connectivity index (χ1) is 28.2. The van der Waals surface area contributed by atoms with E-state index in [0.717, 1.165) is 96.3 Å². The van der Waals surface area contributed by atoms with Crippen LogP contribution in [0, 0.1) is 0 Å². The quantitative estimate of drug-likeness (QED) is 0.0381. The first-order valence-electron chi connectivity index (χ1n) is 23.1. The third kappa shape index (κ3) is 47.1. The second-order valence-electron chi connectivity index (χ2n) is 14.7. The Kier molecular flexibility index (Phi) is 46.2. The van der Waals surface area contributed by atoms with Gasteiger partial charge in [-0.25, -0.2) is 0 Å². The fraction of sp³-hybridized carbons (Fsp3) is 0.604. The van der Waals surface area contributed by atoms with E-state index in [-0.39, 0.29) is 19.2 Å². The number of carbonyl (C=O) groups excluding carboxylic acids is 1. The fourth-order valence-corrected chi connectivity index (χ4v) is 5.91. The molecular formula is C53H86O4. The Morgan fingerprint density at radius 2 is 0.737 bits per heavy atom. The Hall–Kier alpha value is -3.21. The minimum absolute atomic E-state index is 0.192. The molecule has 0 rings (SSSR count). The molecule has 4 nitrogen and oxygen atoms in total. The van der Waals surface area contributed by atoms with Crippen molar-refractivity contribution in [3.63, 3.8) is 0 Å². The third-order valence-electron chi connectivity index (χ3n) is 9.28. The Bertz CT molecular complexity index is 1150. The van der Waals surface area contributed by atoms with E-state index in [1.54, 1.807) is 0 Å². The van der Waals surface area contributed by atoms with E-state index in [4.69, 9.17) is 9.47 Å². The predicted octanol–water partition coefficient (Wildman–Crippen LogP) is 15.7. The summed E-state index contributed by atoms with van der Waals surface area (Å²) in [6.45, 7) is 5.05. The average Bonchev–Trinajstić information content (AvgIpc) is 3.22. The Morgan fingerprint density at radius 3 is 1.11 bits per heavy atom. The summed E-state index contributed by atoms with van der Waals surface area (Å²) in [6, 6.07) is 0. The highest BCUT2D eigenvalue weighted by atomic mass is 16.6. The molecule has 0 aliphatic heterocycles. The minimum Gasteiger partial charge on any atom is -0.457 e. The zero-order valence-corrected chi connectivity index (χ0v) is 36.8. The van der Waals surface area contributed by atoms with Crippen molar-refractivity contribution in [3.05, 3.63) is 122 Å². The molecule has 1 N–H and O–H groups in total. The smallest absolute Gasteiger partial charge is 0.306 e. The highest BCUT2D eigenvalue weighted by molar-refractivity contribution is 5.69. The minimum atomic E-state index is -0.560.